The van der Waals surface area contributed by atoms with Gasteiger partial charge >= 0.3 is 0 Å². The predicted molar refractivity (Wildman–Crippen MR) is 84.6 cm³/mol. The molecule has 0 N–H and O–H groups in total. The van der Waals surface area contributed by atoms with Crippen molar-refractivity contribution in [3.63, 3.8) is 0 Å². The van der Waals surface area contributed by atoms with Gasteiger partial charge in [0.15, 0.2) is 0 Å². The summed E-state index contributed by atoms with van der Waals surface area (Å²) in [7, 11) is 2.62. The van der Waals surface area contributed by atoms with E-state index >= 15 is 0 Å². The fraction of sp³-hybridized carbons (Fsp3) is 1.00. The molecule has 0 atom stereocenters. The second-order valence-electron chi connectivity index (χ2n) is 6.66. The van der Waals surface area contributed by atoms with Gasteiger partial charge in [-0.3, -0.25) is 0 Å². The Morgan fingerprint density at radius 3 is 1.28 bits per heavy atom. The van der Waals surface area contributed by atoms with Crippen molar-refractivity contribution < 1.29 is 0 Å². The van der Waals surface area contributed by atoms with E-state index in [1.807, 2.05) is 0 Å². The number of hydrogen-bond donors (Lipinski definition) is 0. The molecule has 0 heterocycles. The van der Waals surface area contributed by atoms with Crippen molar-refractivity contribution in [1.29, 1.82) is 0 Å². The summed E-state index contributed by atoms with van der Waals surface area (Å²) in [6, 6.07) is 0. The number of rotatable bonds is 2. The van der Waals surface area contributed by atoms with Gasteiger partial charge in [-0.05, 0) is 0 Å². The largest absolute Gasteiger partial charge is 0.117 e. The first kappa shape index (κ1) is 16.1. The van der Waals surface area contributed by atoms with E-state index in [2.05, 4.69) is 21.1 Å². The second-order valence-corrected chi connectivity index (χ2v) is 6.66. The molecule has 1 aliphatic carbocycles. The molecule has 0 aliphatic heterocycles. The standard InChI is InChI=1S/C17H34B/c1-16(2)18-17-14-12-10-8-6-4-3-5-7-9-11-13-15-17/h16-17H,3-15H2,1-2H3. The van der Waals surface area contributed by atoms with Crippen LogP contribution < -0.4 is 0 Å². The highest BCUT2D eigenvalue weighted by molar-refractivity contribution is 6.39. The lowest BCUT2D eigenvalue weighted by atomic mass is 9.53. The van der Waals surface area contributed by atoms with Crippen molar-refractivity contribution in [3.8, 4) is 0 Å². The van der Waals surface area contributed by atoms with E-state index in [-0.39, 0.29) is 0 Å². The Balaban J connectivity index is 2.24. The Kier molecular flexibility index (Phi) is 9.80. The van der Waals surface area contributed by atoms with Crippen LogP contribution in [0.5, 0.6) is 0 Å². The van der Waals surface area contributed by atoms with Crippen molar-refractivity contribution in [2.75, 3.05) is 0 Å². The summed E-state index contributed by atoms with van der Waals surface area (Å²) in [6.07, 6.45) is 19.2. The van der Waals surface area contributed by atoms with Crippen LogP contribution in [0.2, 0.25) is 11.6 Å². The minimum atomic E-state index is 0.772. The van der Waals surface area contributed by atoms with Gasteiger partial charge in [0.1, 0.15) is 7.28 Å². The van der Waals surface area contributed by atoms with Gasteiger partial charge in [0.25, 0.3) is 0 Å². The molecule has 0 bridgehead atoms. The molecule has 1 fully saturated rings. The van der Waals surface area contributed by atoms with Crippen molar-refractivity contribution in [2.24, 2.45) is 0 Å². The smallest absolute Gasteiger partial charge is 0.0742 e. The van der Waals surface area contributed by atoms with Crippen LogP contribution in [-0.4, -0.2) is 7.28 Å². The second kappa shape index (κ2) is 10.9. The zero-order valence-electron chi connectivity index (χ0n) is 12.9. The molecular formula is C17H34B. The van der Waals surface area contributed by atoms with Crippen molar-refractivity contribution in [1.82, 2.24) is 0 Å². The molecule has 105 valence electrons. The summed E-state index contributed by atoms with van der Waals surface area (Å²) >= 11 is 0. The van der Waals surface area contributed by atoms with Crippen LogP contribution in [0.4, 0.5) is 0 Å². The van der Waals surface area contributed by atoms with Crippen molar-refractivity contribution >= 4 is 7.28 Å². The average molecular weight is 249 g/mol. The average Bonchev–Trinajstić information content (AvgIpc) is 2.33. The summed E-state index contributed by atoms with van der Waals surface area (Å²) < 4.78 is 0. The summed E-state index contributed by atoms with van der Waals surface area (Å²) in [5.74, 6) is 1.68. The molecule has 0 aromatic heterocycles. The van der Waals surface area contributed by atoms with Gasteiger partial charge in [-0.1, -0.05) is 109 Å². The topological polar surface area (TPSA) is 0 Å². The predicted octanol–water partition coefficient (Wildman–Crippen LogP) is 6.39. The third-order valence-corrected chi connectivity index (χ3v) is 4.31. The van der Waals surface area contributed by atoms with Crippen molar-refractivity contribution in [2.45, 2.75) is 109 Å². The molecule has 0 saturated heterocycles. The van der Waals surface area contributed by atoms with E-state index < -0.39 is 0 Å². The maximum absolute atomic E-state index is 2.62. The maximum Gasteiger partial charge on any atom is 0.117 e. The van der Waals surface area contributed by atoms with Crippen molar-refractivity contribution in [3.05, 3.63) is 0 Å². The van der Waals surface area contributed by atoms with E-state index in [0.29, 0.717) is 0 Å². The highest BCUT2D eigenvalue weighted by Gasteiger charge is 2.12. The Morgan fingerprint density at radius 2 is 0.944 bits per heavy atom. The van der Waals surface area contributed by atoms with Gasteiger partial charge in [-0.2, -0.15) is 0 Å². The third-order valence-electron chi connectivity index (χ3n) is 4.31. The lowest BCUT2D eigenvalue weighted by molar-refractivity contribution is 0.501. The van der Waals surface area contributed by atoms with E-state index in [4.69, 9.17) is 0 Å². The molecule has 0 nitrogen and oxygen atoms in total. The fourth-order valence-corrected chi connectivity index (χ4v) is 3.29. The van der Waals surface area contributed by atoms with Gasteiger partial charge < -0.3 is 0 Å². The molecule has 0 spiro atoms. The first-order valence-corrected chi connectivity index (χ1v) is 8.64. The third kappa shape index (κ3) is 9.06. The van der Waals surface area contributed by atoms with Crippen LogP contribution in [0.1, 0.15) is 97.3 Å². The highest BCUT2D eigenvalue weighted by Crippen LogP contribution is 2.26. The summed E-state index contributed by atoms with van der Waals surface area (Å²) in [4.78, 5) is 0. The molecule has 1 heteroatoms. The first-order valence-electron chi connectivity index (χ1n) is 8.64. The zero-order chi connectivity index (χ0) is 13.1. The van der Waals surface area contributed by atoms with E-state index in [9.17, 15) is 0 Å². The fourth-order valence-electron chi connectivity index (χ4n) is 3.29. The quantitative estimate of drug-likeness (QED) is 0.497. The summed E-state index contributed by atoms with van der Waals surface area (Å²) in [5, 5.41) is 0. The zero-order valence-corrected chi connectivity index (χ0v) is 12.9. The first-order chi connectivity index (χ1) is 8.79. The minimum absolute atomic E-state index is 0.772. The Bertz CT molecular complexity index is 162. The molecule has 1 radical (unpaired) electrons. The molecule has 0 amide bonds. The SMILES string of the molecule is CC(C)[B]C1CCCCCCCCCCCCC1. The van der Waals surface area contributed by atoms with Crippen LogP contribution in [0.25, 0.3) is 0 Å². The number of hydrogen-bond acceptors (Lipinski definition) is 0. The Morgan fingerprint density at radius 1 is 0.611 bits per heavy atom. The van der Waals surface area contributed by atoms with Crippen LogP contribution in [0, 0.1) is 0 Å². The van der Waals surface area contributed by atoms with Crippen LogP contribution in [-0.2, 0) is 0 Å². The van der Waals surface area contributed by atoms with Gasteiger partial charge in [-0.25, -0.2) is 0 Å². The summed E-state index contributed by atoms with van der Waals surface area (Å²) in [5.41, 5.74) is 0. The van der Waals surface area contributed by atoms with E-state index in [1.165, 1.54) is 83.5 Å². The molecule has 1 aliphatic rings. The van der Waals surface area contributed by atoms with Gasteiger partial charge in [-0.15, -0.1) is 0 Å². The van der Waals surface area contributed by atoms with Crippen LogP contribution in [0.3, 0.4) is 0 Å². The van der Waals surface area contributed by atoms with E-state index in [0.717, 1.165) is 11.6 Å². The monoisotopic (exact) mass is 249 g/mol. The van der Waals surface area contributed by atoms with Crippen LogP contribution in [0.15, 0.2) is 0 Å². The molecular weight excluding hydrogens is 215 g/mol. The molecule has 1 rings (SSSR count). The molecule has 18 heavy (non-hydrogen) atoms. The van der Waals surface area contributed by atoms with Crippen LogP contribution >= 0.6 is 0 Å². The van der Waals surface area contributed by atoms with Gasteiger partial charge in [0.2, 0.25) is 0 Å². The highest BCUT2D eigenvalue weighted by atomic mass is 14.1. The lowest BCUT2D eigenvalue weighted by Crippen LogP contribution is -2.07. The van der Waals surface area contributed by atoms with Gasteiger partial charge in [0.05, 0.1) is 0 Å². The summed E-state index contributed by atoms with van der Waals surface area (Å²) in [6.45, 7) is 4.68. The van der Waals surface area contributed by atoms with E-state index in [1.54, 1.807) is 0 Å². The minimum Gasteiger partial charge on any atom is -0.0742 e. The molecule has 0 aromatic carbocycles. The lowest BCUT2D eigenvalue weighted by Gasteiger charge is -2.18. The molecule has 0 aromatic rings. The Labute approximate surface area is 117 Å². The van der Waals surface area contributed by atoms with Gasteiger partial charge in [0, 0.05) is 0 Å². The molecule has 1 saturated carbocycles. The normalized spacial score (nSPS) is 22.6. The maximum atomic E-state index is 2.62. The Hall–Kier alpha value is 0.0649. The molecule has 0 unspecified atom stereocenters.